The molecule has 2 rings (SSSR count). The molecule has 0 aliphatic carbocycles. The molecule has 2 aliphatic heterocycles. The van der Waals surface area contributed by atoms with Crippen molar-refractivity contribution in [3.8, 4) is 0 Å². The predicted octanol–water partition coefficient (Wildman–Crippen LogP) is 2.66. The minimum atomic E-state index is 0.0944. The van der Waals surface area contributed by atoms with E-state index in [1.807, 2.05) is 0 Å². The average molecular weight is 268 g/mol. The van der Waals surface area contributed by atoms with Gasteiger partial charge < -0.3 is 15.0 Å². The molecule has 2 fully saturated rings. The van der Waals surface area contributed by atoms with Crippen molar-refractivity contribution in [3.63, 3.8) is 0 Å². The second-order valence-corrected chi connectivity index (χ2v) is 6.75. The summed E-state index contributed by atoms with van der Waals surface area (Å²) >= 11 is 0. The summed E-state index contributed by atoms with van der Waals surface area (Å²) in [6.45, 7) is 12.7. The standard InChI is InChI=1S/C16H32N2O/c1-4-9-18-10-6-15(7-11-18)14(2)17-13-16(3)8-5-12-19-16/h14-15,17H,4-13H2,1-3H3. The largest absolute Gasteiger partial charge is 0.374 e. The van der Waals surface area contributed by atoms with Gasteiger partial charge in [-0.15, -0.1) is 0 Å². The Balaban J connectivity index is 1.68. The van der Waals surface area contributed by atoms with Crippen molar-refractivity contribution in [1.29, 1.82) is 0 Å². The van der Waals surface area contributed by atoms with Crippen molar-refractivity contribution in [2.75, 3.05) is 32.8 Å². The Morgan fingerprint density at radius 1 is 1.37 bits per heavy atom. The summed E-state index contributed by atoms with van der Waals surface area (Å²) in [4.78, 5) is 2.62. The van der Waals surface area contributed by atoms with Crippen LogP contribution >= 0.6 is 0 Å². The van der Waals surface area contributed by atoms with Crippen molar-refractivity contribution >= 4 is 0 Å². The number of likely N-dealkylation sites (tertiary alicyclic amines) is 1. The highest BCUT2D eigenvalue weighted by molar-refractivity contribution is 4.86. The Morgan fingerprint density at radius 2 is 2.11 bits per heavy atom. The third-order valence-corrected chi connectivity index (χ3v) is 4.98. The van der Waals surface area contributed by atoms with E-state index in [0.717, 1.165) is 19.1 Å². The van der Waals surface area contributed by atoms with E-state index in [4.69, 9.17) is 4.74 Å². The smallest absolute Gasteiger partial charge is 0.0779 e. The molecule has 0 aromatic rings. The lowest BCUT2D eigenvalue weighted by molar-refractivity contribution is 0.0164. The van der Waals surface area contributed by atoms with Crippen LogP contribution in [-0.2, 0) is 4.74 Å². The van der Waals surface area contributed by atoms with Crippen LogP contribution in [0, 0.1) is 5.92 Å². The van der Waals surface area contributed by atoms with E-state index < -0.39 is 0 Å². The molecule has 0 saturated carbocycles. The number of rotatable bonds is 6. The van der Waals surface area contributed by atoms with Crippen LogP contribution in [0.25, 0.3) is 0 Å². The second-order valence-electron chi connectivity index (χ2n) is 6.75. The molecule has 3 nitrogen and oxygen atoms in total. The Kier molecular flexibility index (Phi) is 5.67. The van der Waals surface area contributed by atoms with Gasteiger partial charge in [0.05, 0.1) is 5.60 Å². The first-order chi connectivity index (χ1) is 9.13. The molecule has 2 saturated heterocycles. The Hall–Kier alpha value is -0.120. The number of nitrogens with zero attached hydrogens (tertiary/aromatic N) is 1. The number of hydrogen-bond donors (Lipinski definition) is 1. The van der Waals surface area contributed by atoms with Gasteiger partial charge in [0, 0.05) is 19.2 Å². The summed E-state index contributed by atoms with van der Waals surface area (Å²) in [7, 11) is 0. The van der Waals surface area contributed by atoms with Crippen LogP contribution in [-0.4, -0.2) is 49.3 Å². The van der Waals surface area contributed by atoms with Crippen LogP contribution in [0.1, 0.15) is 52.9 Å². The molecule has 0 radical (unpaired) electrons. The number of ether oxygens (including phenoxy) is 1. The lowest BCUT2D eigenvalue weighted by Crippen LogP contribution is -2.46. The van der Waals surface area contributed by atoms with Crippen molar-refractivity contribution in [2.24, 2.45) is 5.92 Å². The van der Waals surface area contributed by atoms with E-state index in [0.29, 0.717) is 6.04 Å². The van der Waals surface area contributed by atoms with Crippen LogP contribution in [0.3, 0.4) is 0 Å². The van der Waals surface area contributed by atoms with Crippen LogP contribution < -0.4 is 5.32 Å². The second kappa shape index (κ2) is 7.05. The highest BCUT2D eigenvalue weighted by Crippen LogP contribution is 2.25. The monoisotopic (exact) mass is 268 g/mol. The minimum Gasteiger partial charge on any atom is -0.374 e. The molecular formula is C16H32N2O. The van der Waals surface area contributed by atoms with Gasteiger partial charge in [0.25, 0.3) is 0 Å². The molecule has 19 heavy (non-hydrogen) atoms. The quantitative estimate of drug-likeness (QED) is 0.801. The summed E-state index contributed by atoms with van der Waals surface area (Å²) in [6.07, 6.45) is 6.43. The SMILES string of the molecule is CCCN1CCC(C(C)NCC2(C)CCCO2)CC1. The first-order valence-corrected chi connectivity index (χ1v) is 8.23. The predicted molar refractivity (Wildman–Crippen MR) is 80.5 cm³/mol. The maximum Gasteiger partial charge on any atom is 0.0779 e. The summed E-state index contributed by atoms with van der Waals surface area (Å²) in [6, 6.07) is 0.629. The van der Waals surface area contributed by atoms with E-state index in [2.05, 4.69) is 31.0 Å². The third kappa shape index (κ3) is 4.44. The highest BCUT2D eigenvalue weighted by Gasteiger charge is 2.31. The molecule has 1 N–H and O–H groups in total. The molecule has 112 valence electrons. The van der Waals surface area contributed by atoms with Gasteiger partial charge in [0.1, 0.15) is 0 Å². The first kappa shape index (κ1) is 15.3. The zero-order valence-electron chi connectivity index (χ0n) is 13.1. The van der Waals surface area contributed by atoms with Crippen molar-refractivity contribution in [1.82, 2.24) is 10.2 Å². The summed E-state index contributed by atoms with van der Waals surface area (Å²) in [5.74, 6) is 0.845. The molecular weight excluding hydrogens is 236 g/mol. The van der Waals surface area contributed by atoms with E-state index in [9.17, 15) is 0 Å². The number of hydrogen-bond acceptors (Lipinski definition) is 3. The lowest BCUT2D eigenvalue weighted by Gasteiger charge is -2.36. The van der Waals surface area contributed by atoms with Gasteiger partial charge in [-0.25, -0.2) is 0 Å². The zero-order valence-corrected chi connectivity index (χ0v) is 13.1. The fraction of sp³-hybridized carbons (Fsp3) is 1.00. The minimum absolute atomic E-state index is 0.0944. The van der Waals surface area contributed by atoms with E-state index in [1.165, 1.54) is 51.7 Å². The normalized spacial score (nSPS) is 31.7. The lowest BCUT2D eigenvalue weighted by atomic mass is 9.89. The molecule has 2 aliphatic rings. The van der Waals surface area contributed by atoms with Crippen LogP contribution in [0.4, 0.5) is 0 Å². The molecule has 3 heteroatoms. The van der Waals surface area contributed by atoms with Gasteiger partial charge in [-0.05, 0) is 71.5 Å². The molecule has 0 amide bonds. The van der Waals surface area contributed by atoms with Gasteiger partial charge in [0.15, 0.2) is 0 Å². The van der Waals surface area contributed by atoms with Gasteiger partial charge in [0.2, 0.25) is 0 Å². The van der Waals surface area contributed by atoms with Crippen molar-refractivity contribution in [2.45, 2.75) is 64.5 Å². The van der Waals surface area contributed by atoms with E-state index in [-0.39, 0.29) is 5.60 Å². The Morgan fingerprint density at radius 3 is 2.68 bits per heavy atom. The van der Waals surface area contributed by atoms with Crippen LogP contribution in [0.15, 0.2) is 0 Å². The maximum atomic E-state index is 5.86. The van der Waals surface area contributed by atoms with Gasteiger partial charge >= 0.3 is 0 Å². The Bertz CT molecular complexity index is 255. The topological polar surface area (TPSA) is 24.5 Å². The van der Waals surface area contributed by atoms with E-state index >= 15 is 0 Å². The fourth-order valence-electron chi connectivity index (χ4n) is 3.51. The molecule has 2 heterocycles. The summed E-state index contributed by atoms with van der Waals surface area (Å²) in [5, 5.41) is 3.74. The van der Waals surface area contributed by atoms with Gasteiger partial charge in [-0.3, -0.25) is 0 Å². The van der Waals surface area contributed by atoms with Gasteiger partial charge in [-0.1, -0.05) is 6.92 Å². The highest BCUT2D eigenvalue weighted by atomic mass is 16.5. The van der Waals surface area contributed by atoms with Crippen LogP contribution in [0.5, 0.6) is 0 Å². The fourth-order valence-corrected chi connectivity index (χ4v) is 3.51. The molecule has 0 aromatic carbocycles. The molecule has 0 spiro atoms. The molecule has 2 atom stereocenters. The molecule has 0 aromatic heterocycles. The summed E-state index contributed by atoms with van der Waals surface area (Å²) in [5.41, 5.74) is 0.0944. The third-order valence-electron chi connectivity index (χ3n) is 4.98. The number of piperidine rings is 1. The Labute approximate surface area is 119 Å². The summed E-state index contributed by atoms with van der Waals surface area (Å²) < 4.78 is 5.86. The van der Waals surface area contributed by atoms with Crippen molar-refractivity contribution in [3.05, 3.63) is 0 Å². The van der Waals surface area contributed by atoms with Crippen molar-refractivity contribution < 1.29 is 4.74 Å². The zero-order chi connectivity index (χ0) is 13.7. The van der Waals surface area contributed by atoms with E-state index in [1.54, 1.807) is 0 Å². The average Bonchev–Trinajstić information content (AvgIpc) is 2.85. The first-order valence-electron chi connectivity index (χ1n) is 8.23. The maximum absolute atomic E-state index is 5.86. The van der Waals surface area contributed by atoms with Gasteiger partial charge in [-0.2, -0.15) is 0 Å². The number of nitrogens with one attached hydrogen (secondary N) is 1. The molecule has 0 bridgehead atoms. The van der Waals surface area contributed by atoms with Crippen LogP contribution in [0.2, 0.25) is 0 Å². The molecule has 2 unspecified atom stereocenters.